The highest BCUT2D eigenvalue weighted by atomic mass is 32.2. The van der Waals surface area contributed by atoms with Crippen molar-refractivity contribution in [2.75, 3.05) is 19.5 Å². The molecular formula is C10H12O3S2. The van der Waals surface area contributed by atoms with Gasteiger partial charge in [0.05, 0.1) is 19.6 Å². The fraction of sp³-hybridized carbons (Fsp3) is 0.500. The number of rotatable bonds is 3. The molecule has 0 spiro atoms. The summed E-state index contributed by atoms with van der Waals surface area (Å²) in [4.78, 5) is 12.4. The lowest BCUT2D eigenvalue weighted by molar-refractivity contribution is -0.110. The van der Waals surface area contributed by atoms with Crippen LogP contribution in [0.3, 0.4) is 0 Å². The third-order valence-electron chi connectivity index (χ3n) is 2.19. The Morgan fingerprint density at radius 1 is 1.60 bits per heavy atom. The van der Waals surface area contributed by atoms with Crippen LogP contribution in [0, 0.1) is 0 Å². The molecular weight excluding hydrogens is 232 g/mol. The Kier molecular flexibility index (Phi) is 3.80. The lowest BCUT2D eigenvalue weighted by atomic mass is 10.2. The molecule has 0 amide bonds. The first-order chi connectivity index (χ1) is 7.31. The van der Waals surface area contributed by atoms with Gasteiger partial charge in [0, 0.05) is 10.4 Å². The van der Waals surface area contributed by atoms with Crippen LogP contribution in [0.2, 0.25) is 0 Å². The molecule has 3 nitrogen and oxygen atoms in total. The van der Waals surface area contributed by atoms with Gasteiger partial charge in [-0.3, -0.25) is 4.79 Å². The second-order valence-electron chi connectivity index (χ2n) is 3.13. The summed E-state index contributed by atoms with van der Waals surface area (Å²) in [6, 6.07) is 1.98. The van der Waals surface area contributed by atoms with E-state index in [2.05, 4.69) is 0 Å². The third-order valence-corrected chi connectivity index (χ3v) is 3.72. The summed E-state index contributed by atoms with van der Waals surface area (Å²) in [7, 11) is 0. The zero-order chi connectivity index (χ0) is 10.7. The molecule has 5 heteroatoms. The van der Waals surface area contributed by atoms with Gasteiger partial charge in [0.1, 0.15) is 0 Å². The molecule has 15 heavy (non-hydrogen) atoms. The summed E-state index contributed by atoms with van der Waals surface area (Å²) in [6.07, 6.45) is 2.01. The van der Waals surface area contributed by atoms with E-state index in [1.807, 2.05) is 11.4 Å². The predicted molar refractivity (Wildman–Crippen MR) is 61.2 cm³/mol. The Hall–Kier alpha value is -0.360. The molecule has 1 aromatic heterocycles. The van der Waals surface area contributed by atoms with E-state index in [0.717, 1.165) is 10.4 Å². The third kappa shape index (κ3) is 2.60. The van der Waals surface area contributed by atoms with E-state index in [4.69, 9.17) is 9.47 Å². The molecule has 1 fully saturated rings. The quantitative estimate of drug-likeness (QED) is 0.817. The molecule has 0 aliphatic carbocycles. The lowest BCUT2D eigenvalue weighted by Crippen LogP contribution is -2.03. The van der Waals surface area contributed by atoms with Gasteiger partial charge in [-0.2, -0.15) is 0 Å². The SMILES string of the molecule is CSC(=O)Cc1sccc1C1OCCO1. The van der Waals surface area contributed by atoms with Gasteiger partial charge in [-0.05, 0) is 17.7 Å². The zero-order valence-electron chi connectivity index (χ0n) is 8.39. The average Bonchev–Trinajstić information content (AvgIpc) is 2.86. The number of ether oxygens (including phenoxy) is 2. The summed E-state index contributed by atoms with van der Waals surface area (Å²) in [5, 5.41) is 2.15. The van der Waals surface area contributed by atoms with Gasteiger partial charge in [-0.25, -0.2) is 0 Å². The maximum absolute atomic E-state index is 11.3. The minimum atomic E-state index is -0.263. The molecule has 1 aromatic rings. The van der Waals surface area contributed by atoms with Gasteiger partial charge in [0.25, 0.3) is 0 Å². The van der Waals surface area contributed by atoms with Crippen molar-refractivity contribution in [3.05, 3.63) is 21.9 Å². The van der Waals surface area contributed by atoms with Crippen molar-refractivity contribution in [3.63, 3.8) is 0 Å². The molecule has 0 N–H and O–H groups in total. The van der Waals surface area contributed by atoms with E-state index in [-0.39, 0.29) is 11.4 Å². The Morgan fingerprint density at radius 3 is 3.00 bits per heavy atom. The first kappa shape index (κ1) is 11.1. The minimum Gasteiger partial charge on any atom is -0.346 e. The Morgan fingerprint density at radius 2 is 2.33 bits per heavy atom. The summed E-state index contributed by atoms with van der Waals surface area (Å²) < 4.78 is 10.8. The van der Waals surface area contributed by atoms with E-state index < -0.39 is 0 Å². The van der Waals surface area contributed by atoms with Gasteiger partial charge in [0.2, 0.25) is 0 Å². The topological polar surface area (TPSA) is 35.5 Å². The van der Waals surface area contributed by atoms with Crippen LogP contribution >= 0.6 is 23.1 Å². The summed E-state index contributed by atoms with van der Waals surface area (Å²) in [5.41, 5.74) is 1.01. The molecule has 82 valence electrons. The maximum atomic E-state index is 11.3. The molecule has 0 atom stereocenters. The van der Waals surface area contributed by atoms with E-state index in [1.54, 1.807) is 17.6 Å². The molecule has 2 rings (SSSR count). The Labute approximate surface area is 96.8 Å². The van der Waals surface area contributed by atoms with Crippen molar-refractivity contribution >= 4 is 28.2 Å². The lowest BCUT2D eigenvalue weighted by Gasteiger charge is -2.09. The van der Waals surface area contributed by atoms with Crippen LogP contribution in [0.5, 0.6) is 0 Å². The molecule has 1 aliphatic rings. The van der Waals surface area contributed by atoms with Gasteiger partial charge >= 0.3 is 0 Å². The maximum Gasteiger partial charge on any atom is 0.193 e. The van der Waals surface area contributed by atoms with E-state index in [1.165, 1.54) is 11.8 Å². The number of hydrogen-bond acceptors (Lipinski definition) is 5. The molecule has 0 radical (unpaired) electrons. The smallest absolute Gasteiger partial charge is 0.193 e. The van der Waals surface area contributed by atoms with Crippen molar-refractivity contribution in [1.29, 1.82) is 0 Å². The van der Waals surface area contributed by atoms with Crippen LogP contribution in [-0.2, 0) is 20.7 Å². The largest absolute Gasteiger partial charge is 0.346 e. The summed E-state index contributed by atoms with van der Waals surface area (Å²) in [5.74, 6) is 0. The van der Waals surface area contributed by atoms with Gasteiger partial charge in [0.15, 0.2) is 11.4 Å². The van der Waals surface area contributed by atoms with Crippen LogP contribution in [0.25, 0.3) is 0 Å². The monoisotopic (exact) mass is 244 g/mol. The van der Waals surface area contributed by atoms with Gasteiger partial charge in [-0.15, -0.1) is 11.3 Å². The highest BCUT2D eigenvalue weighted by molar-refractivity contribution is 8.13. The van der Waals surface area contributed by atoms with E-state index in [9.17, 15) is 4.79 Å². The first-order valence-corrected chi connectivity index (χ1v) is 6.78. The number of hydrogen-bond donors (Lipinski definition) is 0. The van der Waals surface area contributed by atoms with Crippen LogP contribution in [0.4, 0.5) is 0 Å². The summed E-state index contributed by atoms with van der Waals surface area (Å²) >= 11 is 2.85. The normalized spacial score (nSPS) is 17.1. The number of thioether (sulfide) groups is 1. The average molecular weight is 244 g/mol. The number of thiophene rings is 1. The molecule has 0 saturated carbocycles. The Balaban J connectivity index is 2.10. The standard InChI is InChI=1S/C10H12O3S2/c1-14-9(11)6-8-7(2-5-15-8)10-12-3-4-13-10/h2,5,10H,3-4,6H2,1H3. The second kappa shape index (κ2) is 5.12. The first-order valence-electron chi connectivity index (χ1n) is 4.67. The Bertz CT molecular complexity index is 342. The second-order valence-corrected chi connectivity index (χ2v) is 4.99. The fourth-order valence-corrected chi connectivity index (χ4v) is 2.72. The van der Waals surface area contributed by atoms with Crippen LogP contribution < -0.4 is 0 Å². The number of carbonyl (C=O) groups is 1. The van der Waals surface area contributed by atoms with Crippen molar-refractivity contribution in [1.82, 2.24) is 0 Å². The van der Waals surface area contributed by atoms with E-state index in [0.29, 0.717) is 19.6 Å². The molecule has 1 saturated heterocycles. The molecule has 1 aliphatic heterocycles. The fourth-order valence-electron chi connectivity index (χ4n) is 1.45. The van der Waals surface area contributed by atoms with Crippen molar-refractivity contribution in [2.45, 2.75) is 12.7 Å². The molecule has 0 unspecified atom stereocenters. The molecule has 2 heterocycles. The zero-order valence-corrected chi connectivity index (χ0v) is 10.0. The molecule has 0 bridgehead atoms. The number of carbonyl (C=O) groups excluding carboxylic acids is 1. The van der Waals surface area contributed by atoms with Crippen molar-refractivity contribution in [3.8, 4) is 0 Å². The molecule has 0 aromatic carbocycles. The van der Waals surface area contributed by atoms with Gasteiger partial charge < -0.3 is 9.47 Å². The van der Waals surface area contributed by atoms with E-state index >= 15 is 0 Å². The minimum absolute atomic E-state index is 0.177. The van der Waals surface area contributed by atoms with Crippen LogP contribution in [0.15, 0.2) is 11.4 Å². The highest BCUT2D eigenvalue weighted by Crippen LogP contribution is 2.30. The highest BCUT2D eigenvalue weighted by Gasteiger charge is 2.22. The van der Waals surface area contributed by atoms with Crippen LogP contribution in [0.1, 0.15) is 16.7 Å². The van der Waals surface area contributed by atoms with Crippen molar-refractivity contribution in [2.24, 2.45) is 0 Å². The predicted octanol–water partition coefficient (Wildman–Crippen LogP) is 2.23. The van der Waals surface area contributed by atoms with Crippen LogP contribution in [-0.4, -0.2) is 24.6 Å². The summed E-state index contributed by atoms with van der Waals surface area (Å²) in [6.45, 7) is 1.27. The van der Waals surface area contributed by atoms with Gasteiger partial charge in [-0.1, -0.05) is 11.8 Å². The van der Waals surface area contributed by atoms with Crippen molar-refractivity contribution < 1.29 is 14.3 Å².